The minimum absolute atomic E-state index is 0.0239. The summed E-state index contributed by atoms with van der Waals surface area (Å²) in [5, 5.41) is 0. The Hall–Kier alpha value is -4.19. The van der Waals surface area contributed by atoms with Crippen LogP contribution in [0.3, 0.4) is 0 Å². The second-order valence-electron chi connectivity index (χ2n) is 7.52. The summed E-state index contributed by atoms with van der Waals surface area (Å²) in [6, 6.07) is 15.0. The first-order valence-corrected chi connectivity index (χ1v) is 10.2. The Bertz CT molecular complexity index is 1290. The topological polar surface area (TPSA) is 123 Å². The maximum absolute atomic E-state index is 15.5. The second kappa shape index (κ2) is 9.58. The lowest BCUT2D eigenvalue weighted by molar-refractivity contribution is -0.143. The average Bonchev–Trinajstić information content (AvgIpc) is 3.10. The molecule has 1 aliphatic rings. The zero-order chi connectivity index (χ0) is 25.2. The molecule has 0 bridgehead atoms. The number of hydrogen-bond donors (Lipinski definition) is 1. The van der Waals surface area contributed by atoms with Crippen LogP contribution in [-0.2, 0) is 14.2 Å². The molecule has 3 atom stereocenters. The van der Waals surface area contributed by atoms with Gasteiger partial charge in [0.05, 0.1) is 17.3 Å². The number of rotatable bonds is 6. The highest BCUT2D eigenvalue weighted by molar-refractivity contribution is 5.90. The van der Waals surface area contributed by atoms with Crippen molar-refractivity contribution < 1.29 is 37.0 Å². The van der Waals surface area contributed by atoms with Crippen LogP contribution in [0.5, 0.6) is 0 Å². The molecule has 0 spiro atoms. The summed E-state index contributed by atoms with van der Waals surface area (Å²) in [7, 11) is 0. The third-order valence-corrected chi connectivity index (χ3v) is 5.17. The molecule has 0 unspecified atom stereocenters. The van der Waals surface area contributed by atoms with Crippen LogP contribution in [0.1, 0.15) is 26.9 Å². The number of anilines is 1. The molecule has 2 aromatic carbocycles. The minimum Gasteiger partial charge on any atom is -0.459 e. The van der Waals surface area contributed by atoms with E-state index in [1.54, 1.807) is 24.3 Å². The number of nitrogen functional groups attached to an aromatic ring is 1. The quantitative estimate of drug-likeness (QED) is 0.525. The largest absolute Gasteiger partial charge is 0.459 e. The van der Waals surface area contributed by atoms with Crippen molar-refractivity contribution >= 4 is 17.8 Å². The molecule has 9 nitrogen and oxygen atoms in total. The van der Waals surface area contributed by atoms with E-state index in [9.17, 15) is 18.8 Å². The van der Waals surface area contributed by atoms with E-state index in [4.69, 9.17) is 19.9 Å². The highest BCUT2D eigenvalue weighted by Crippen LogP contribution is 2.44. The number of esters is 2. The minimum atomic E-state index is -4.05. The fraction of sp³-hybridized carbons (Fsp3) is 0.217. The monoisotopic (exact) mass is 489 g/mol. The Balaban J connectivity index is 1.63. The number of nitrogens with two attached hydrogens (primary N) is 1. The first-order valence-electron chi connectivity index (χ1n) is 10.2. The highest BCUT2D eigenvalue weighted by Gasteiger charge is 2.63. The maximum Gasteiger partial charge on any atom is 0.352 e. The number of aromatic nitrogens is 2. The van der Waals surface area contributed by atoms with Gasteiger partial charge in [-0.2, -0.15) is 13.8 Å². The van der Waals surface area contributed by atoms with Gasteiger partial charge in [-0.3, -0.25) is 4.57 Å². The Morgan fingerprint density at radius 1 is 1.03 bits per heavy atom. The molecule has 0 aliphatic carbocycles. The lowest BCUT2D eigenvalue weighted by atomic mass is 10.1. The molecule has 12 heteroatoms. The van der Waals surface area contributed by atoms with Crippen molar-refractivity contribution in [1.82, 2.24) is 9.55 Å². The number of nitrogens with zero attached hydrogens (tertiary/aromatic N) is 2. The maximum atomic E-state index is 15.5. The van der Waals surface area contributed by atoms with Gasteiger partial charge in [-0.25, -0.2) is 18.8 Å². The standard InChI is InChI=1S/C23H18F3N3O6/c24-15-11-29(22(32)28-18(15)27)21-23(25,26)17(35-20(31)14-9-5-2-6-10-14)16(34-21)12-33-19(30)13-7-3-1-4-8-13/h1-11,16-17,21H,12H2,(H2,27,28,32)/t16-,17-,21-/m1/s1. The van der Waals surface area contributed by atoms with Gasteiger partial charge in [-0.15, -0.1) is 0 Å². The van der Waals surface area contributed by atoms with Gasteiger partial charge in [0.1, 0.15) is 12.7 Å². The van der Waals surface area contributed by atoms with E-state index in [2.05, 4.69) is 4.98 Å². The van der Waals surface area contributed by atoms with Crippen molar-refractivity contribution in [3.63, 3.8) is 0 Å². The van der Waals surface area contributed by atoms with Crippen LogP contribution >= 0.6 is 0 Å². The molecular weight excluding hydrogens is 471 g/mol. The molecule has 1 aliphatic heterocycles. The molecule has 182 valence electrons. The summed E-state index contributed by atoms with van der Waals surface area (Å²) in [5.74, 6) is -8.02. The van der Waals surface area contributed by atoms with E-state index >= 15 is 8.78 Å². The van der Waals surface area contributed by atoms with E-state index in [0.717, 1.165) is 0 Å². The van der Waals surface area contributed by atoms with Crippen molar-refractivity contribution in [1.29, 1.82) is 0 Å². The summed E-state index contributed by atoms with van der Waals surface area (Å²) in [5.41, 5.74) is 4.03. The number of halogens is 3. The lowest BCUT2D eigenvalue weighted by Gasteiger charge is -2.24. The SMILES string of the molecule is Nc1nc(=O)n([C@@H]2O[C@H](COC(=O)c3ccccc3)[C@@H](OC(=O)c3ccccc3)C2(F)F)cc1F. The fourth-order valence-electron chi connectivity index (χ4n) is 3.45. The van der Waals surface area contributed by atoms with Gasteiger partial charge in [0.15, 0.2) is 17.7 Å². The molecule has 2 N–H and O–H groups in total. The van der Waals surface area contributed by atoms with Gasteiger partial charge in [-0.1, -0.05) is 36.4 Å². The fourth-order valence-corrected chi connectivity index (χ4v) is 3.45. The van der Waals surface area contributed by atoms with Crippen LogP contribution in [0.15, 0.2) is 71.7 Å². The smallest absolute Gasteiger partial charge is 0.352 e. The lowest BCUT2D eigenvalue weighted by Crippen LogP contribution is -2.45. The third-order valence-electron chi connectivity index (χ3n) is 5.17. The predicted octanol–water partition coefficient (Wildman–Crippen LogP) is 2.58. The van der Waals surface area contributed by atoms with Gasteiger partial charge in [0.25, 0.3) is 0 Å². The molecule has 1 aromatic heterocycles. The van der Waals surface area contributed by atoms with Crippen LogP contribution in [0, 0.1) is 5.82 Å². The van der Waals surface area contributed by atoms with Crippen LogP contribution in [0.2, 0.25) is 0 Å². The Labute approximate surface area is 195 Å². The molecule has 35 heavy (non-hydrogen) atoms. The van der Waals surface area contributed by atoms with E-state index in [0.29, 0.717) is 6.20 Å². The molecule has 0 saturated carbocycles. The van der Waals surface area contributed by atoms with Crippen molar-refractivity contribution in [2.45, 2.75) is 24.4 Å². The van der Waals surface area contributed by atoms with Gasteiger partial charge in [0, 0.05) is 0 Å². The number of benzene rings is 2. The first-order chi connectivity index (χ1) is 16.7. The van der Waals surface area contributed by atoms with Crippen LogP contribution < -0.4 is 11.4 Å². The van der Waals surface area contributed by atoms with E-state index in [-0.39, 0.29) is 15.7 Å². The number of carbonyl (C=O) groups is 2. The van der Waals surface area contributed by atoms with Gasteiger partial charge < -0.3 is 19.9 Å². The van der Waals surface area contributed by atoms with Gasteiger partial charge in [-0.05, 0) is 24.3 Å². The number of carbonyl (C=O) groups excluding carboxylic acids is 2. The molecule has 1 fully saturated rings. The highest BCUT2D eigenvalue weighted by atomic mass is 19.3. The summed E-state index contributed by atoms with van der Waals surface area (Å²) >= 11 is 0. The predicted molar refractivity (Wildman–Crippen MR) is 114 cm³/mol. The molecule has 3 aromatic rings. The van der Waals surface area contributed by atoms with Crippen molar-refractivity contribution in [3.8, 4) is 0 Å². The van der Waals surface area contributed by atoms with Crippen molar-refractivity contribution in [2.24, 2.45) is 0 Å². The van der Waals surface area contributed by atoms with Crippen LogP contribution in [0.4, 0.5) is 19.0 Å². The molecule has 0 radical (unpaired) electrons. The summed E-state index contributed by atoms with van der Waals surface area (Å²) in [4.78, 5) is 40.2. The Morgan fingerprint density at radius 3 is 2.20 bits per heavy atom. The summed E-state index contributed by atoms with van der Waals surface area (Å²) < 4.78 is 60.5. The third kappa shape index (κ3) is 4.87. The van der Waals surface area contributed by atoms with E-state index in [1.165, 1.54) is 36.4 Å². The zero-order valence-electron chi connectivity index (χ0n) is 17.8. The number of hydrogen-bond acceptors (Lipinski definition) is 8. The Morgan fingerprint density at radius 2 is 1.60 bits per heavy atom. The van der Waals surface area contributed by atoms with Gasteiger partial charge in [0.2, 0.25) is 6.23 Å². The molecule has 4 rings (SSSR count). The van der Waals surface area contributed by atoms with Crippen LogP contribution in [0.25, 0.3) is 0 Å². The molecular formula is C23H18F3N3O6. The number of ether oxygens (including phenoxy) is 3. The normalized spacial score (nSPS) is 20.8. The van der Waals surface area contributed by atoms with Crippen molar-refractivity contribution in [3.05, 3.63) is 94.3 Å². The van der Waals surface area contributed by atoms with Crippen molar-refractivity contribution in [2.75, 3.05) is 12.3 Å². The molecule has 1 saturated heterocycles. The number of alkyl halides is 2. The molecule has 0 amide bonds. The van der Waals surface area contributed by atoms with Gasteiger partial charge >= 0.3 is 23.6 Å². The summed E-state index contributed by atoms with van der Waals surface area (Å²) in [6.07, 6.45) is -6.01. The van der Waals surface area contributed by atoms with E-state index < -0.39 is 60.2 Å². The van der Waals surface area contributed by atoms with Crippen LogP contribution in [-0.4, -0.2) is 46.2 Å². The first kappa shape index (κ1) is 24.0. The summed E-state index contributed by atoms with van der Waals surface area (Å²) in [6.45, 7) is -0.758. The Kier molecular flexibility index (Phi) is 6.56. The molecule has 2 heterocycles. The second-order valence-corrected chi connectivity index (χ2v) is 7.52. The zero-order valence-corrected chi connectivity index (χ0v) is 17.8. The average molecular weight is 489 g/mol. The van der Waals surface area contributed by atoms with E-state index in [1.807, 2.05) is 0 Å².